The summed E-state index contributed by atoms with van der Waals surface area (Å²) in [5.74, 6) is -1.87. The molecule has 0 atom stereocenters. The summed E-state index contributed by atoms with van der Waals surface area (Å²) in [6.45, 7) is 0. The number of benzene rings is 1. The average molecular weight is 213 g/mol. The van der Waals surface area contributed by atoms with Crippen LogP contribution in [0.3, 0.4) is 0 Å². The Morgan fingerprint density at radius 3 is 2.47 bits per heavy atom. The van der Waals surface area contributed by atoms with Crippen LogP contribution >= 0.6 is 0 Å². The van der Waals surface area contributed by atoms with Gasteiger partial charge < -0.3 is 0 Å². The first kappa shape index (κ1) is 9.76. The summed E-state index contributed by atoms with van der Waals surface area (Å²) in [6.07, 6.45) is -3.72. The highest BCUT2D eigenvalue weighted by atomic mass is 19.4. The van der Waals surface area contributed by atoms with E-state index in [2.05, 4.69) is 0 Å². The molecular formula is C10H6F3NO. The van der Waals surface area contributed by atoms with Gasteiger partial charge in [0, 0.05) is 11.6 Å². The van der Waals surface area contributed by atoms with Crippen molar-refractivity contribution in [2.24, 2.45) is 0 Å². The minimum absolute atomic E-state index is 0.264. The maximum Gasteiger partial charge on any atom is 0.472 e. The number of halogens is 3. The van der Waals surface area contributed by atoms with E-state index in [1.54, 1.807) is 18.2 Å². The lowest BCUT2D eigenvalue weighted by atomic mass is 10.2. The Morgan fingerprint density at radius 1 is 1.13 bits per heavy atom. The van der Waals surface area contributed by atoms with Crippen LogP contribution in [0, 0.1) is 0 Å². The molecule has 0 N–H and O–H groups in total. The number of rotatable bonds is 0. The molecule has 0 aliphatic heterocycles. The van der Waals surface area contributed by atoms with Gasteiger partial charge in [0.1, 0.15) is 0 Å². The van der Waals surface area contributed by atoms with Crippen LogP contribution in [0.15, 0.2) is 36.5 Å². The first-order chi connectivity index (χ1) is 7.00. The summed E-state index contributed by atoms with van der Waals surface area (Å²) < 4.78 is 37.1. The van der Waals surface area contributed by atoms with Crippen LogP contribution in [-0.4, -0.2) is 16.7 Å². The van der Waals surface area contributed by atoms with E-state index in [-0.39, 0.29) is 5.52 Å². The van der Waals surface area contributed by atoms with Crippen molar-refractivity contribution in [3.8, 4) is 0 Å². The molecule has 78 valence electrons. The number of hydrogen-bond donors (Lipinski definition) is 0. The van der Waals surface area contributed by atoms with Gasteiger partial charge >= 0.3 is 12.1 Å². The Balaban J connectivity index is 2.58. The molecule has 2 nitrogen and oxygen atoms in total. The van der Waals surface area contributed by atoms with Crippen LogP contribution in [0.5, 0.6) is 0 Å². The third kappa shape index (κ3) is 1.60. The molecule has 2 aromatic rings. The number of fused-ring (bicyclic) bond motifs is 1. The molecule has 1 aromatic heterocycles. The number of para-hydroxylation sites is 1. The molecule has 5 heteroatoms. The molecule has 0 aliphatic carbocycles. The number of hydrogen-bond acceptors (Lipinski definition) is 1. The van der Waals surface area contributed by atoms with Gasteiger partial charge in [0.15, 0.2) is 0 Å². The highest BCUT2D eigenvalue weighted by molar-refractivity contribution is 5.94. The van der Waals surface area contributed by atoms with Crippen molar-refractivity contribution in [3.05, 3.63) is 36.5 Å². The second-order valence-corrected chi connectivity index (χ2v) is 3.05. The summed E-state index contributed by atoms with van der Waals surface area (Å²) in [5.41, 5.74) is 0.264. The fourth-order valence-corrected chi connectivity index (χ4v) is 1.40. The van der Waals surface area contributed by atoms with Gasteiger partial charge in [-0.15, -0.1) is 0 Å². The number of carbonyl (C=O) groups is 1. The van der Waals surface area contributed by atoms with E-state index in [0.29, 0.717) is 9.95 Å². The lowest BCUT2D eigenvalue weighted by molar-refractivity contribution is -0.0942. The number of nitrogens with zero attached hydrogens (tertiary/aromatic N) is 1. The minimum atomic E-state index is -4.85. The van der Waals surface area contributed by atoms with Gasteiger partial charge in [0.05, 0.1) is 5.52 Å². The van der Waals surface area contributed by atoms with Crippen LogP contribution < -0.4 is 0 Å². The van der Waals surface area contributed by atoms with Crippen molar-refractivity contribution in [2.75, 3.05) is 0 Å². The van der Waals surface area contributed by atoms with Crippen LogP contribution in [-0.2, 0) is 0 Å². The van der Waals surface area contributed by atoms with E-state index in [4.69, 9.17) is 0 Å². The summed E-state index contributed by atoms with van der Waals surface area (Å²) in [4.78, 5) is 11.0. The second kappa shape index (κ2) is 3.12. The molecule has 0 radical (unpaired) electrons. The molecule has 0 spiro atoms. The molecule has 15 heavy (non-hydrogen) atoms. The van der Waals surface area contributed by atoms with Gasteiger partial charge in [0.25, 0.3) is 0 Å². The van der Waals surface area contributed by atoms with E-state index in [1.165, 1.54) is 12.1 Å². The number of alkyl halides is 3. The minimum Gasteiger partial charge on any atom is -0.279 e. The first-order valence-electron chi connectivity index (χ1n) is 4.18. The monoisotopic (exact) mass is 213 g/mol. The Morgan fingerprint density at radius 2 is 1.80 bits per heavy atom. The maximum absolute atomic E-state index is 12.2. The fraction of sp³-hybridized carbons (Fsp3) is 0.100. The lowest BCUT2D eigenvalue weighted by Gasteiger charge is -2.06. The Labute approximate surface area is 82.9 Å². The summed E-state index contributed by atoms with van der Waals surface area (Å²) >= 11 is 0. The molecule has 0 bridgehead atoms. The summed E-state index contributed by atoms with van der Waals surface area (Å²) in [7, 11) is 0. The molecule has 0 saturated carbocycles. The zero-order valence-corrected chi connectivity index (χ0v) is 7.45. The van der Waals surface area contributed by atoms with Crippen molar-refractivity contribution in [1.82, 2.24) is 4.57 Å². The van der Waals surface area contributed by atoms with Gasteiger partial charge in [0.2, 0.25) is 0 Å². The van der Waals surface area contributed by atoms with Crippen LogP contribution in [0.1, 0.15) is 4.79 Å². The van der Waals surface area contributed by atoms with E-state index in [9.17, 15) is 18.0 Å². The molecule has 0 aliphatic rings. The van der Waals surface area contributed by atoms with Gasteiger partial charge in [-0.2, -0.15) is 13.2 Å². The topological polar surface area (TPSA) is 22.0 Å². The lowest BCUT2D eigenvalue weighted by Crippen LogP contribution is -2.28. The third-order valence-corrected chi connectivity index (χ3v) is 2.06. The van der Waals surface area contributed by atoms with Gasteiger partial charge in [-0.25, -0.2) is 0 Å². The summed E-state index contributed by atoms with van der Waals surface area (Å²) in [5, 5.41) is 0.607. The third-order valence-electron chi connectivity index (χ3n) is 2.06. The molecular weight excluding hydrogens is 207 g/mol. The largest absolute Gasteiger partial charge is 0.472 e. The quantitative estimate of drug-likeness (QED) is 0.659. The Kier molecular flexibility index (Phi) is 2.03. The highest BCUT2D eigenvalue weighted by Crippen LogP contribution is 2.22. The van der Waals surface area contributed by atoms with Crippen LogP contribution in [0.2, 0.25) is 0 Å². The summed E-state index contributed by atoms with van der Waals surface area (Å²) in [6, 6.07) is 7.88. The Hall–Kier alpha value is -1.78. The van der Waals surface area contributed by atoms with Gasteiger partial charge in [-0.3, -0.25) is 9.36 Å². The van der Waals surface area contributed by atoms with E-state index in [0.717, 1.165) is 6.20 Å². The molecule has 0 amide bonds. The standard InChI is InChI=1S/C10H6F3NO/c11-10(12,13)9(15)14-6-5-7-3-1-2-4-8(7)14/h1-6H. The molecule has 1 aromatic carbocycles. The Bertz CT molecular complexity index is 513. The SMILES string of the molecule is O=C(n1ccc2ccccc21)C(F)(F)F. The molecule has 0 fully saturated rings. The second-order valence-electron chi connectivity index (χ2n) is 3.05. The molecule has 0 unspecified atom stereocenters. The zero-order chi connectivity index (χ0) is 11.1. The highest BCUT2D eigenvalue weighted by Gasteiger charge is 2.40. The van der Waals surface area contributed by atoms with E-state index in [1.807, 2.05) is 0 Å². The van der Waals surface area contributed by atoms with E-state index >= 15 is 0 Å². The smallest absolute Gasteiger partial charge is 0.279 e. The fourth-order valence-electron chi connectivity index (χ4n) is 1.40. The van der Waals surface area contributed by atoms with Crippen molar-refractivity contribution < 1.29 is 18.0 Å². The molecule has 0 saturated heterocycles. The predicted octanol–water partition coefficient (Wildman–Crippen LogP) is 2.84. The van der Waals surface area contributed by atoms with Gasteiger partial charge in [-0.1, -0.05) is 18.2 Å². The number of aromatic nitrogens is 1. The van der Waals surface area contributed by atoms with Crippen molar-refractivity contribution >= 4 is 16.8 Å². The van der Waals surface area contributed by atoms with Gasteiger partial charge in [-0.05, 0) is 12.1 Å². The predicted molar refractivity (Wildman–Crippen MR) is 48.6 cm³/mol. The van der Waals surface area contributed by atoms with Crippen molar-refractivity contribution in [2.45, 2.75) is 6.18 Å². The van der Waals surface area contributed by atoms with E-state index < -0.39 is 12.1 Å². The maximum atomic E-state index is 12.2. The number of carbonyl (C=O) groups excluding carboxylic acids is 1. The van der Waals surface area contributed by atoms with Crippen LogP contribution in [0.25, 0.3) is 10.9 Å². The molecule has 1 heterocycles. The zero-order valence-electron chi connectivity index (χ0n) is 7.45. The first-order valence-corrected chi connectivity index (χ1v) is 4.18. The normalized spacial score (nSPS) is 11.9. The van der Waals surface area contributed by atoms with Crippen molar-refractivity contribution in [3.63, 3.8) is 0 Å². The van der Waals surface area contributed by atoms with Crippen LogP contribution in [0.4, 0.5) is 13.2 Å². The average Bonchev–Trinajstić information content (AvgIpc) is 2.58. The van der Waals surface area contributed by atoms with Crippen molar-refractivity contribution in [1.29, 1.82) is 0 Å². The molecule has 2 rings (SSSR count).